The van der Waals surface area contributed by atoms with Crippen LogP contribution in [0.2, 0.25) is 0 Å². The molecule has 1 unspecified atom stereocenters. The molecule has 1 heterocycles. The highest BCUT2D eigenvalue weighted by Crippen LogP contribution is 2.18. The number of nitrogens with zero attached hydrogens (tertiary/aromatic N) is 2. The molecule has 2 aromatic carbocycles. The molecule has 1 N–H and O–H groups in total. The van der Waals surface area contributed by atoms with E-state index in [4.69, 9.17) is 4.74 Å². The average molecular weight is 436 g/mol. The van der Waals surface area contributed by atoms with Gasteiger partial charge in [-0.1, -0.05) is 43.7 Å². The summed E-state index contributed by atoms with van der Waals surface area (Å²) in [6.45, 7) is 7.24. The molecule has 0 bridgehead atoms. The fourth-order valence-corrected chi connectivity index (χ4v) is 4.02. The second-order valence-corrected chi connectivity index (χ2v) is 8.27. The zero-order chi connectivity index (χ0) is 23.1. The first kappa shape index (κ1) is 23.5. The molecular weight excluding hydrogens is 402 g/mol. The molecule has 0 saturated heterocycles. The van der Waals surface area contributed by atoms with E-state index in [0.717, 1.165) is 36.0 Å². The summed E-state index contributed by atoms with van der Waals surface area (Å²) in [5, 5.41) is 1.05. The van der Waals surface area contributed by atoms with Crippen molar-refractivity contribution in [3.05, 3.63) is 71.4 Å². The van der Waals surface area contributed by atoms with E-state index in [1.807, 2.05) is 54.3 Å². The summed E-state index contributed by atoms with van der Waals surface area (Å²) < 4.78 is 4.76. The molecule has 1 atom stereocenters. The Labute approximate surface area is 190 Å². The molecule has 0 aliphatic heterocycles. The van der Waals surface area contributed by atoms with Gasteiger partial charge < -0.3 is 19.5 Å². The summed E-state index contributed by atoms with van der Waals surface area (Å²) in [6, 6.07) is 17.4. The maximum Gasteiger partial charge on any atom is 0.337 e. The van der Waals surface area contributed by atoms with Gasteiger partial charge in [0.25, 0.3) is 5.91 Å². The van der Waals surface area contributed by atoms with E-state index >= 15 is 0 Å². The maximum atomic E-state index is 13.1. The number of para-hydroxylation sites is 1. The summed E-state index contributed by atoms with van der Waals surface area (Å²) >= 11 is 0. The van der Waals surface area contributed by atoms with Crippen LogP contribution in [-0.4, -0.2) is 60.5 Å². The Morgan fingerprint density at radius 2 is 1.75 bits per heavy atom. The van der Waals surface area contributed by atoms with E-state index in [2.05, 4.69) is 23.9 Å². The number of hydrogen-bond donors (Lipinski definition) is 1. The van der Waals surface area contributed by atoms with Crippen molar-refractivity contribution >= 4 is 22.8 Å². The fourth-order valence-electron chi connectivity index (χ4n) is 4.02. The molecule has 6 heteroatoms. The number of benzene rings is 2. The lowest BCUT2D eigenvalue weighted by molar-refractivity contribution is 0.0600. The molecule has 0 saturated carbocycles. The number of ether oxygens (including phenoxy) is 1. The smallest absolute Gasteiger partial charge is 0.337 e. The van der Waals surface area contributed by atoms with Crippen molar-refractivity contribution in [2.75, 3.05) is 33.8 Å². The number of carbonyl (C=O) groups is 2. The third-order valence-corrected chi connectivity index (χ3v) is 5.88. The van der Waals surface area contributed by atoms with Gasteiger partial charge in [-0.25, -0.2) is 4.79 Å². The van der Waals surface area contributed by atoms with Crippen molar-refractivity contribution in [1.82, 2.24) is 14.8 Å². The van der Waals surface area contributed by atoms with E-state index in [0.29, 0.717) is 30.3 Å². The third kappa shape index (κ3) is 5.77. The molecule has 0 radical (unpaired) electrons. The van der Waals surface area contributed by atoms with Gasteiger partial charge in [-0.2, -0.15) is 0 Å². The Hall–Kier alpha value is -3.12. The van der Waals surface area contributed by atoms with Gasteiger partial charge in [-0.05, 0) is 49.7 Å². The van der Waals surface area contributed by atoms with Gasteiger partial charge in [-0.3, -0.25) is 4.79 Å². The number of amides is 1. The minimum absolute atomic E-state index is 0.0446. The van der Waals surface area contributed by atoms with Crippen LogP contribution >= 0.6 is 0 Å². The van der Waals surface area contributed by atoms with Crippen LogP contribution in [0, 0.1) is 5.92 Å². The van der Waals surface area contributed by atoms with Crippen LogP contribution in [0.5, 0.6) is 0 Å². The highest BCUT2D eigenvalue weighted by molar-refractivity contribution is 5.98. The van der Waals surface area contributed by atoms with Crippen molar-refractivity contribution in [3.63, 3.8) is 0 Å². The lowest BCUT2D eigenvalue weighted by Gasteiger charge is -2.29. The zero-order valence-electron chi connectivity index (χ0n) is 19.4. The van der Waals surface area contributed by atoms with Crippen molar-refractivity contribution in [2.24, 2.45) is 5.92 Å². The second-order valence-electron chi connectivity index (χ2n) is 8.27. The Morgan fingerprint density at radius 1 is 1.03 bits per heavy atom. The number of rotatable bonds is 10. The molecule has 1 aromatic heterocycles. The quantitative estimate of drug-likeness (QED) is 0.474. The Bertz CT molecular complexity index is 1010. The van der Waals surface area contributed by atoms with Crippen LogP contribution in [0.4, 0.5) is 0 Å². The van der Waals surface area contributed by atoms with Crippen LogP contribution in [-0.2, 0) is 11.3 Å². The molecular formula is C26H33N3O3. The van der Waals surface area contributed by atoms with Crippen molar-refractivity contribution in [1.29, 1.82) is 0 Å². The molecule has 0 fully saturated rings. The third-order valence-electron chi connectivity index (χ3n) is 5.88. The standard InChI is InChI=1S/C26H33N3O3/c1-5-19(16-28(3)17-20-11-13-21(14-12-20)26(31)32-4)18-29(6-2)25(30)24-15-22-9-7-8-10-23(22)27-24/h7-15,19,27H,5-6,16-18H2,1-4H3. The number of fused-ring (bicyclic) bond motifs is 1. The Kier molecular flexibility index (Phi) is 8.06. The minimum atomic E-state index is -0.324. The number of esters is 1. The largest absolute Gasteiger partial charge is 0.465 e. The highest BCUT2D eigenvalue weighted by atomic mass is 16.5. The molecule has 0 aliphatic rings. The van der Waals surface area contributed by atoms with E-state index in [9.17, 15) is 9.59 Å². The summed E-state index contributed by atoms with van der Waals surface area (Å²) in [4.78, 5) is 32.2. The van der Waals surface area contributed by atoms with Crippen LogP contribution in [0.15, 0.2) is 54.6 Å². The fraction of sp³-hybridized carbons (Fsp3) is 0.385. The number of H-pyrrole nitrogens is 1. The predicted molar refractivity (Wildman–Crippen MR) is 128 cm³/mol. The lowest BCUT2D eigenvalue weighted by atomic mass is 10.0. The van der Waals surface area contributed by atoms with E-state index in [1.165, 1.54) is 7.11 Å². The number of aromatic nitrogens is 1. The summed E-state index contributed by atoms with van der Waals surface area (Å²) in [5.41, 5.74) is 3.31. The van der Waals surface area contributed by atoms with Crippen molar-refractivity contribution in [3.8, 4) is 0 Å². The SMILES string of the molecule is CCC(CN(C)Cc1ccc(C(=O)OC)cc1)CN(CC)C(=O)c1cc2ccccc2[nH]1. The predicted octanol–water partition coefficient (Wildman–Crippen LogP) is 4.57. The number of methoxy groups -OCH3 is 1. The van der Waals surface area contributed by atoms with Gasteiger partial charge in [0.2, 0.25) is 0 Å². The zero-order valence-corrected chi connectivity index (χ0v) is 19.4. The summed E-state index contributed by atoms with van der Waals surface area (Å²) in [6.07, 6.45) is 0.988. The van der Waals surface area contributed by atoms with Gasteiger partial charge in [0.15, 0.2) is 0 Å². The van der Waals surface area contributed by atoms with E-state index in [-0.39, 0.29) is 11.9 Å². The van der Waals surface area contributed by atoms with E-state index < -0.39 is 0 Å². The maximum absolute atomic E-state index is 13.1. The van der Waals surface area contributed by atoms with Gasteiger partial charge >= 0.3 is 5.97 Å². The van der Waals surface area contributed by atoms with Crippen molar-refractivity contribution < 1.29 is 14.3 Å². The monoisotopic (exact) mass is 435 g/mol. The minimum Gasteiger partial charge on any atom is -0.465 e. The number of aromatic amines is 1. The summed E-state index contributed by atoms with van der Waals surface area (Å²) in [5.74, 6) is 0.0843. The van der Waals surface area contributed by atoms with Crippen LogP contribution in [0.25, 0.3) is 10.9 Å². The molecule has 170 valence electrons. The molecule has 0 aliphatic carbocycles. The topological polar surface area (TPSA) is 65.6 Å². The van der Waals surface area contributed by atoms with Crippen LogP contribution in [0.1, 0.15) is 46.7 Å². The number of carbonyl (C=O) groups excluding carboxylic acids is 2. The molecule has 3 aromatic rings. The normalized spacial score (nSPS) is 12.2. The molecule has 1 amide bonds. The number of hydrogen-bond acceptors (Lipinski definition) is 4. The summed E-state index contributed by atoms with van der Waals surface area (Å²) in [7, 11) is 3.48. The van der Waals surface area contributed by atoms with Crippen molar-refractivity contribution in [2.45, 2.75) is 26.8 Å². The molecule has 6 nitrogen and oxygen atoms in total. The second kappa shape index (κ2) is 11.0. The molecule has 32 heavy (non-hydrogen) atoms. The van der Waals surface area contributed by atoms with Crippen LogP contribution < -0.4 is 0 Å². The van der Waals surface area contributed by atoms with Gasteiger partial charge in [-0.15, -0.1) is 0 Å². The Morgan fingerprint density at radius 3 is 2.38 bits per heavy atom. The van der Waals surface area contributed by atoms with Crippen LogP contribution in [0.3, 0.4) is 0 Å². The lowest BCUT2D eigenvalue weighted by Crippen LogP contribution is -2.38. The first-order valence-electron chi connectivity index (χ1n) is 11.2. The molecule has 0 spiro atoms. The van der Waals surface area contributed by atoms with Gasteiger partial charge in [0, 0.05) is 37.1 Å². The van der Waals surface area contributed by atoms with Gasteiger partial charge in [0.05, 0.1) is 12.7 Å². The molecule has 3 rings (SSSR count). The van der Waals surface area contributed by atoms with Gasteiger partial charge in [0.1, 0.15) is 5.69 Å². The Balaban J connectivity index is 1.60. The highest BCUT2D eigenvalue weighted by Gasteiger charge is 2.21. The first-order valence-corrected chi connectivity index (χ1v) is 11.2. The number of nitrogens with one attached hydrogen (secondary N) is 1. The average Bonchev–Trinajstić information content (AvgIpc) is 3.25. The van der Waals surface area contributed by atoms with E-state index in [1.54, 1.807) is 12.1 Å². The first-order chi connectivity index (χ1) is 15.4.